The van der Waals surface area contributed by atoms with Crippen LogP contribution in [0, 0.1) is 11.8 Å². The zero-order valence-corrected chi connectivity index (χ0v) is 9.96. The summed E-state index contributed by atoms with van der Waals surface area (Å²) in [5.74, 6) is 1.63. The highest BCUT2D eigenvalue weighted by Crippen LogP contribution is 2.30. The average molecular weight is 212 g/mol. The minimum absolute atomic E-state index is 0.111. The maximum absolute atomic E-state index is 11.6. The van der Waals surface area contributed by atoms with Crippen LogP contribution in [0.25, 0.3) is 0 Å². The van der Waals surface area contributed by atoms with E-state index >= 15 is 0 Å². The Balaban J connectivity index is 2.20. The third kappa shape index (κ3) is 4.65. The first-order chi connectivity index (χ1) is 7.11. The molecule has 15 heavy (non-hydrogen) atoms. The Morgan fingerprint density at radius 1 is 1.40 bits per heavy atom. The zero-order valence-electron chi connectivity index (χ0n) is 9.96. The van der Waals surface area contributed by atoms with Crippen molar-refractivity contribution in [2.24, 2.45) is 17.6 Å². The number of hydrogen-bond donors (Lipinski definition) is 2. The molecule has 0 aromatic carbocycles. The fourth-order valence-electron chi connectivity index (χ4n) is 2.19. The number of rotatable bonds is 4. The molecular formula is C12H24N2O. The van der Waals surface area contributed by atoms with Gasteiger partial charge in [0.05, 0.1) is 0 Å². The molecule has 0 saturated heterocycles. The van der Waals surface area contributed by atoms with Gasteiger partial charge in [-0.3, -0.25) is 4.79 Å². The van der Waals surface area contributed by atoms with Crippen LogP contribution in [0.5, 0.6) is 0 Å². The van der Waals surface area contributed by atoms with Crippen LogP contribution in [0.4, 0.5) is 0 Å². The van der Waals surface area contributed by atoms with Crippen LogP contribution in [-0.2, 0) is 4.79 Å². The number of nitrogens with one attached hydrogen (secondary N) is 1. The predicted octanol–water partition coefficient (Wildman–Crippen LogP) is 1.67. The molecule has 1 fully saturated rings. The lowest BCUT2D eigenvalue weighted by Crippen LogP contribution is -2.38. The fraction of sp³-hybridized carbons (Fsp3) is 0.917. The van der Waals surface area contributed by atoms with Gasteiger partial charge in [-0.25, -0.2) is 0 Å². The monoisotopic (exact) mass is 212 g/mol. The van der Waals surface area contributed by atoms with Crippen molar-refractivity contribution in [3.8, 4) is 0 Å². The van der Waals surface area contributed by atoms with Gasteiger partial charge in [-0.15, -0.1) is 0 Å². The van der Waals surface area contributed by atoms with E-state index in [-0.39, 0.29) is 11.9 Å². The first-order valence-electron chi connectivity index (χ1n) is 6.11. The second-order valence-corrected chi connectivity index (χ2v) is 5.03. The highest BCUT2D eigenvalue weighted by Gasteiger charge is 2.20. The summed E-state index contributed by atoms with van der Waals surface area (Å²) >= 11 is 0. The van der Waals surface area contributed by atoms with E-state index in [9.17, 15) is 4.79 Å². The van der Waals surface area contributed by atoms with Crippen LogP contribution in [0.3, 0.4) is 0 Å². The van der Waals surface area contributed by atoms with E-state index in [1.165, 1.54) is 25.7 Å². The molecule has 0 heterocycles. The van der Waals surface area contributed by atoms with Crippen molar-refractivity contribution in [1.82, 2.24) is 5.32 Å². The van der Waals surface area contributed by atoms with E-state index in [2.05, 4.69) is 12.2 Å². The molecule has 1 saturated carbocycles. The second-order valence-electron chi connectivity index (χ2n) is 5.03. The summed E-state index contributed by atoms with van der Waals surface area (Å²) in [6.45, 7) is 4.76. The third-order valence-electron chi connectivity index (χ3n) is 3.37. The minimum Gasteiger partial charge on any atom is -0.352 e. The molecule has 88 valence electrons. The van der Waals surface area contributed by atoms with E-state index < -0.39 is 0 Å². The van der Waals surface area contributed by atoms with E-state index in [0.29, 0.717) is 18.9 Å². The van der Waals surface area contributed by atoms with Gasteiger partial charge >= 0.3 is 0 Å². The Labute approximate surface area is 92.8 Å². The Morgan fingerprint density at radius 3 is 2.53 bits per heavy atom. The van der Waals surface area contributed by atoms with Gasteiger partial charge in [0.2, 0.25) is 5.91 Å². The Kier molecular flexibility index (Phi) is 5.09. The van der Waals surface area contributed by atoms with Crippen molar-refractivity contribution in [3.63, 3.8) is 0 Å². The molecule has 0 spiro atoms. The standard InChI is InChI=1S/C12H24N2O/c1-9-3-5-11(6-4-9)7-12(15)14-10(2)8-13/h9-11H,3-8,13H2,1-2H3,(H,14,15)/t9?,10-,11?/m0/s1. The van der Waals surface area contributed by atoms with Crippen molar-refractivity contribution >= 4 is 5.91 Å². The normalized spacial score (nSPS) is 28.5. The number of amides is 1. The molecule has 1 aliphatic carbocycles. The van der Waals surface area contributed by atoms with Crippen LogP contribution >= 0.6 is 0 Å². The van der Waals surface area contributed by atoms with Crippen molar-refractivity contribution in [2.75, 3.05) is 6.54 Å². The van der Waals surface area contributed by atoms with Gasteiger partial charge in [0.15, 0.2) is 0 Å². The third-order valence-corrected chi connectivity index (χ3v) is 3.37. The van der Waals surface area contributed by atoms with Gasteiger partial charge in [-0.05, 0) is 31.6 Å². The van der Waals surface area contributed by atoms with Crippen LogP contribution in [0.1, 0.15) is 46.0 Å². The van der Waals surface area contributed by atoms with Crippen LogP contribution in [0.2, 0.25) is 0 Å². The molecule has 0 unspecified atom stereocenters. The van der Waals surface area contributed by atoms with Gasteiger partial charge in [0.1, 0.15) is 0 Å². The van der Waals surface area contributed by atoms with Gasteiger partial charge in [-0.1, -0.05) is 19.8 Å². The number of nitrogens with two attached hydrogens (primary N) is 1. The predicted molar refractivity (Wildman–Crippen MR) is 62.4 cm³/mol. The number of carbonyl (C=O) groups is 1. The Bertz CT molecular complexity index is 198. The Morgan fingerprint density at radius 2 is 2.00 bits per heavy atom. The highest BCUT2D eigenvalue weighted by molar-refractivity contribution is 5.76. The lowest BCUT2D eigenvalue weighted by molar-refractivity contribution is -0.122. The smallest absolute Gasteiger partial charge is 0.220 e. The van der Waals surface area contributed by atoms with Crippen molar-refractivity contribution < 1.29 is 4.79 Å². The summed E-state index contributed by atoms with van der Waals surface area (Å²) in [5.41, 5.74) is 5.46. The molecule has 0 radical (unpaired) electrons. The molecule has 1 aliphatic rings. The molecule has 3 nitrogen and oxygen atoms in total. The molecule has 1 rings (SSSR count). The minimum atomic E-state index is 0.111. The van der Waals surface area contributed by atoms with Crippen LogP contribution < -0.4 is 11.1 Å². The van der Waals surface area contributed by atoms with E-state index in [0.717, 1.165) is 5.92 Å². The molecule has 0 aromatic rings. The van der Waals surface area contributed by atoms with Crippen molar-refractivity contribution in [1.29, 1.82) is 0 Å². The summed E-state index contributed by atoms with van der Waals surface area (Å²) in [5, 5.41) is 2.92. The molecule has 0 aromatic heterocycles. The molecular weight excluding hydrogens is 188 g/mol. The number of hydrogen-bond acceptors (Lipinski definition) is 2. The van der Waals surface area contributed by atoms with E-state index in [1.807, 2.05) is 6.92 Å². The average Bonchev–Trinajstić information content (AvgIpc) is 2.21. The summed E-state index contributed by atoms with van der Waals surface area (Å²) < 4.78 is 0. The summed E-state index contributed by atoms with van der Waals surface area (Å²) in [4.78, 5) is 11.6. The van der Waals surface area contributed by atoms with Gasteiger partial charge < -0.3 is 11.1 Å². The molecule has 0 bridgehead atoms. The van der Waals surface area contributed by atoms with E-state index in [1.54, 1.807) is 0 Å². The first-order valence-corrected chi connectivity index (χ1v) is 6.11. The quantitative estimate of drug-likeness (QED) is 0.744. The lowest BCUT2D eigenvalue weighted by Gasteiger charge is -2.26. The molecule has 3 N–H and O–H groups in total. The lowest BCUT2D eigenvalue weighted by atomic mass is 9.81. The molecule has 3 heteroatoms. The molecule has 0 aliphatic heterocycles. The van der Waals surface area contributed by atoms with Crippen molar-refractivity contribution in [2.45, 2.75) is 52.0 Å². The largest absolute Gasteiger partial charge is 0.352 e. The van der Waals surface area contributed by atoms with Gasteiger partial charge in [0, 0.05) is 19.0 Å². The van der Waals surface area contributed by atoms with Gasteiger partial charge in [-0.2, -0.15) is 0 Å². The van der Waals surface area contributed by atoms with Crippen molar-refractivity contribution in [3.05, 3.63) is 0 Å². The molecule has 1 amide bonds. The van der Waals surface area contributed by atoms with Crippen LogP contribution in [-0.4, -0.2) is 18.5 Å². The van der Waals surface area contributed by atoms with Gasteiger partial charge in [0.25, 0.3) is 0 Å². The summed E-state index contributed by atoms with van der Waals surface area (Å²) in [6.07, 6.45) is 5.68. The molecule has 1 atom stereocenters. The highest BCUT2D eigenvalue weighted by atomic mass is 16.1. The topological polar surface area (TPSA) is 55.1 Å². The first kappa shape index (κ1) is 12.5. The van der Waals surface area contributed by atoms with E-state index in [4.69, 9.17) is 5.73 Å². The maximum Gasteiger partial charge on any atom is 0.220 e. The second kappa shape index (κ2) is 6.11. The Hall–Kier alpha value is -0.570. The van der Waals surface area contributed by atoms with Crippen LogP contribution in [0.15, 0.2) is 0 Å². The summed E-state index contributed by atoms with van der Waals surface area (Å²) in [7, 11) is 0. The maximum atomic E-state index is 11.6. The SMILES string of the molecule is CC1CCC(CC(=O)N[C@@H](C)CN)CC1. The fourth-order valence-corrected chi connectivity index (χ4v) is 2.19. The zero-order chi connectivity index (χ0) is 11.3. The number of carbonyl (C=O) groups excluding carboxylic acids is 1. The summed E-state index contributed by atoms with van der Waals surface area (Å²) in [6, 6.07) is 0.111.